The molecule has 0 saturated heterocycles. The van der Waals surface area contributed by atoms with Gasteiger partial charge in [-0.15, -0.1) is 0 Å². The molecule has 0 aromatic heterocycles. The molecule has 0 heterocycles. The van der Waals surface area contributed by atoms with Crippen molar-refractivity contribution >= 4 is 0 Å². The predicted molar refractivity (Wildman–Crippen MR) is 67.6 cm³/mol. The van der Waals surface area contributed by atoms with Gasteiger partial charge in [0.15, 0.2) is 11.5 Å². The standard InChI is InChI=1S/C13H21NO3/c1-4-11(15)9-14-8-10-5-6-12(16-2)13(7-10)17-3/h5-7,11,14-15H,4,8-9H2,1-3H3/t11-/m1/s1. The first-order valence-electron chi connectivity index (χ1n) is 5.81. The largest absolute Gasteiger partial charge is 0.493 e. The van der Waals surface area contributed by atoms with Crippen molar-refractivity contribution in [3.8, 4) is 11.5 Å². The van der Waals surface area contributed by atoms with Gasteiger partial charge in [-0.2, -0.15) is 0 Å². The molecule has 96 valence electrons. The van der Waals surface area contributed by atoms with Crippen molar-refractivity contribution < 1.29 is 14.6 Å². The molecule has 0 fully saturated rings. The van der Waals surface area contributed by atoms with Gasteiger partial charge in [-0.25, -0.2) is 0 Å². The lowest BCUT2D eigenvalue weighted by Gasteiger charge is -2.12. The molecule has 2 N–H and O–H groups in total. The van der Waals surface area contributed by atoms with Gasteiger partial charge in [-0.05, 0) is 24.1 Å². The van der Waals surface area contributed by atoms with Crippen molar-refractivity contribution in [2.24, 2.45) is 0 Å². The Kier molecular flexibility index (Phi) is 5.80. The number of ether oxygens (including phenoxy) is 2. The van der Waals surface area contributed by atoms with E-state index < -0.39 is 0 Å². The fraction of sp³-hybridized carbons (Fsp3) is 0.538. The first-order valence-corrected chi connectivity index (χ1v) is 5.81. The van der Waals surface area contributed by atoms with Crippen molar-refractivity contribution in [2.75, 3.05) is 20.8 Å². The first kappa shape index (κ1) is 13.8. The number of hydrogen-bond acceptors (Lipinski definition) is 4. The Labute approximate surface area is 103 Å². The zero-order valence-corrected chi connectivity index (χ0v) is 10.7. The normalized spacial score (nSPS) is 12.2. The maximum atomic E-state index is 9.41. The summed E-state index contributed by atoms with van der Waals surface area (Å²) in [5, 5.41) is 12.6. The molecule has 0 spiro atoms. The number of aliphatic hydroxyl groups is 1. The van der Waals surface area contributed by atoms with E-state index in [0.717, 1.165) is 23.5 Å². The Morgan fingerprint density at radius 1 is 1.24 bits per heavy atom. The molecule has 1 atom stereocenters. The Hall–Kier alpha value is -1.26. The van der Waals surface area contributed by atoms with E-state index in [9.17, 15) is 5.11 Å². The minimum Gasteiger partial charge on any atom is -0.493 e. The third-order valence-corrected chi connectivity index (χ3v) is 2.63. The maximum Gasteiger partial charge on any atom is 0.161 e. The van der Waals surface area contributed by atoms with Gasteiger partial charge in [0, 0.05) is 13.1 Å². The maximum absolute atomic E-state index is 9.41. The zero-order chi connectivity index (χ0) is 12.7. The third-order valence-electron chi connectivity index (χ3n) is 2.63. The summed E-state index contributed by atoms with van der Waals surface area (Å²) >= 11 is 0. The second-order valence-corrected chi connectivity index (χ2v) is 3.88. The molecule has 1 aromatic rings. The monoisotopic (exact) mass is 239 g/mol. The number of methoxy groups -OCH3 is 2. The van der Waals surface area contributed by atoms with Crippen LogP contribution >= 0.6 is 0 Å². The Morgan fingerprint density at radius 2 is 1.94 bits per heavy atom. The Balaban J connectivity index is 2.54. The minimum atomic E-state index is -0.282. The first-order chi connectivity index (χ1) is 8.21. The summed E-state index contributed by atoms with van der Waals surface area (Å²) in [7, 11) is 3.24. The van der Waals surface area contributed by atoms with Crippen LogP contribution in [-0.2, 0) is 6.54 Å². The van der Waals surface area contributed by atoms with E-state index in [1.807, 2.05) is 25.1 Å². The highest BCUT2D eigenvalue weighted by atomic mass is 16.5. The Morgan fingerprint density at radius 3 is 2.53 bits per heavy atom. The molecule has 1 rings (SSSR count). The smallest absolute Gasteiger partial charge is 0.161 e. The van der Waals surface area contributed by atoms with Crippen LogP contribution in [0, 0.1) is 0 Å². The van der Waals surface area contributed by atoms with E-state index in [1.54, 1.807) is 14.2 Å². The van der Waals surface area contributed by atoms with E-state index in [0.29, 0.717) is 13.1 Å². The summed E-state index contributed by atoms with van der Waals surface area (Å²) in [6.07, 6.45) is 0.481. The highest BCUT2D eigenvalue weighted by molar-refractivity contribution is 5.42. The van der Waals surface area contributed by atoms with Crippen LogP contribution in [0.5, 0.6) is 11.5 Å². The van der Waals surface area contributed by atoms with Gasteiger partial charge in [-0.1, -0.05) is 13.0 Å². The highest BCUT2D eigenvalue weighted by Gasteiger charge is 2.05. The molecule has 0 unspecified atom stereocenters. The van der Waals surface area contributed by atoms with Crippen LogP contribution in [0.3, 0.4) is 0 Å². The van der Waals surface area contributed by atoms with E-state index in [1.165, 1.54) is 0 Å². The van der Waals surface area contributed by atoms with Crippen LogP contribution in [-0.4, -0.2) is 32.0 Å². The second-order valence-electron chi connectivity index (χ2n) is 3.88. The summed E-state index contributed by atoms with van der Waals surface area (Å²) in [4.78, 5) is 0. The fourth-order valence-corrected chi connectivity index (χ4v) is 1.52. The van der Waals surface area contributed by atoms with Gasteiger partial charge in [-0.3, -0.25) is 0 Å². The summed E-state index contributed by atoms with van der Waals surface area (Å²) in [6, 6.07) is 5.79. The molecule has 4 nitrogen and oxygen atoms in total. The average molecular weight is 239 g/mol. The van der Waals surface area contributed by atoms with Crippen LogP contribution in [0.1, 0.15) is 18.9 Å². The van der Waals surface area contributed by atoms with Crippen molar-refractivity contribution in [2.45, 2.75) is 26.0 Å². The van der Waals surface area contributed by atoms with Crippen molar-refractivity contribution in [3.63, 3.8) is 0 Å². The zero-order valence-electron chi connectivity index (χ0n) is 10.7. The molecule has 0 aliphatic carbocycles. The molecule has 1 aromatic carbocycles. The van der Waals surface area contributed by atoms with Gasteiger partial charge in [0.25, 0.3) is 0 Å². The number of benzene rings is 1. The van der Waals surface area contributed by atoms with Gasteiger partial charge < -0.3 is 19.9 Å². The molecule has 0 radical (unpaired) electrons. The molecule has 0 amide bonds. The molecule has 4 heteroatoms. The minimum absolute atomic E-state index is 0.282. The van der Waals surface area contributed by atoms with Crippen LogP contribution in [0.25, 0.3) is 0 Å². The van der Waals surface area contributed by atoms with E-state index >= 15 is 0 Å². The highest BCUT2D eigenvalue weighted by Crippen LogP contribution is 2.27. The van der Waals surface area contributed by atoms with Crippen molar-refractivity contribution in [3.05, 3.63) is 23.8 Å². The van der Waals surface area contributed by atoms with Gasteiger partial charge in [0.1, 0.15) is 0 Å². The second kappa shape index (κ2) is 7.14. The van der Waals surface area contributed by atoms with Crippen LogP contribution < -0.4 is 14.8 Å². The number of hydrogen-bond donors (Lipinski definition) is 2. The molecule has 0 aliphatic rings. The summed E-state index contributed by atoms with van der Waals surface area (Å²) in [5.41, 5.74) is 1.10. The van der Waals surface area contributed by atoms with E-state index in [-0.39, 0.29) is 6.10 Å². The fourth-order valence-electron chi connectivity index (χ4n) is 1.52. The molecule has 0 saturated carbocycles. The summed E-state index contributed by atoms with van der Waals surface area (Å²) in [6.45, 7) is 3.27. The number of nitrogens with one attached hydrogen (secondary N) is 1. The lowest BCUT2D eigenvalue weighted by molar-refractivity contribution is 0.167. The van der Waals surface area contributed by atoms with Gasteiger partial charge in [0.2, 0.25) is 0 Å². The van der Waals surface area contributed by atoms with E-state index in [2.05, 4.69) is 5.32 Å². The average Bonchev–Trinajstić information content (AvgIpc) is 2.38. The molecule has 0 aliphatic heterocycles. The summed E-state index contributed by atoms with van der Waals surface area (Å²) in [5.74, 6) is 1.45. The summed E-state index contributed by atoms with van der Waals surface area (Å²) < 4.78 is 10.4. The SMILES string of the molecule is CC[C@@H](O)CNCc1ccc(OC)c(OC)c1. The quantitative estimate of drug-likeness (QED) is 0.758. The van der Waals surface area contributed by atoms with Crippen LogP contribution in [0.15, 0.2) is 18.2 Å². The third kappa shape index (κ3) is 4.24. The molecular weight excluding hydrogens is 218 g/mol. The molecular formula is C13H21NO3. The topological polar surface area (TPSA) is 50.7 Å². The van der Waals surface area contributed by atoms with E-state index in [4.69, 9.17) is 9.47 Å². The lowest BCUT2D eigenvalue weighted by atomic mass is 10.2. The van der Waals surface area contributed by atoms with Crippen LogP contribution in [0.2, 0.25) is 0 Å². The number of aliphatic hydroxyl groups excluding tert-OH is 1. The Bertz CT molecular complexity index is 341. The lowest BCUT2D eigenvalue weighted by Crippen LogP contribution is -2.25. The van der Waals surface area contributed by atoms with Crippen molar-refractivity contribution in [1.82, 2.24) is 5.32 Å². The predicted octanol–water partition coefficient (Wildman–Crippen LogP) is 1.56. The van der Waals surface area contributed by atoms with Gasteiger partial charge in [0.05, 0.1) is 20.3 Å². The van der Waals surface area contributed by atoms with Gasteiger partial charge >= 0.3 is 0 Å². The molecule has 17 heavy (non-hydrogen) atoms. The number of rotatable bonds is 7. The van der Waals surface area contributed by atoms with Crippen LogP contribution in [0.4, 0.5) is 0 Å². The molecule has 0 bridgehead atoms. The van der Waals surface area contributed by atoms with Crippen molar-refractivity contribution in [1.29, 1.82) is 0 Å².